The molecule has 118 valence electrons. The highest BCUT2D eigenvalue weighted by molar-refractivity contribution is 5.85. The molecular weight excluding hydrogens is 288 g/mol. The summed E-state index contributed by atoms with van der Waals surface area (Å²) in [5.74, 6) is 0.0378. The summed E-state index contributed by atoms with van der Waals surface area (Å²) < 4.78 is 5.73. The molecule has 3 atom stereocenters. The van der Waals surface area contributed by atoms with Crippen molar-refractivity contribution >= 4 is 18.3 Å². The Balaban J connectivity index is 0.00000220. The van der Waals surface area contributed by atoms with E-state index in [1.807, 2.05) is 49.1 Å². The highest BCUT2D eigenvalue weighted by atomic mass is 35.5. The summed E-state index contributed by atoms with van der Waals surface area (Å²) in [5.41, 5.74) is 7.12. The van der Waals surface area contributed by atoms with Crippen molar-refractivity contribution in [2.75, 3.05) is 13.2 Å². The van der Waals surface area contributed by atoms with E-state index in [0.29, 0.717) is 13.2 Å². The van der Waals surface area contributed by atoms with Crippen molar-refractivity contribution in [2.45, 2.75) is 44.9 Å². The fourth-order valence-corrected chi connectivity index (χ4v) is 2.64. The summed E-state index contributed by atoms with van der Waals surface area (Å²) >= 11 is 0. The van der Waals surface area contributed by atoms with Crippen molar-refractivity contribution in [2.24, 2.45) is 5.73 Å². The summed E-state index contributed by atoms with van der Waals surface area (Å²) in [4.78, 5) is 14.5. The lowest BCUT2D eigenvalue weighted by Gasteiger charge is -2.40. The number of ether oxygens (including phenoxy) is 1. The van der Waals surface area contributed by atoms with E-state index in [1.54, 1.807) is 0 Å². The van der Waals surface area contributed by atoms with Crippen LogP contribution in [-0.2, 0) is 9.53 Å². The third-order valence-corrected chi connectivity index (χ3v) is 3.75. The van der Waals surface area contributed by atoms with E-state index < -0.39 is 6.04 Å². The van der Waals surface area contributed by atoms with E-state index in [0.717, 1.165) is 18.4 Å². The Bertz CT molecular complexity index is 441. The molecule has 1 aliphatic heterocycles. The third kappa shape index (κ3) is 4.43. The number of rotatable bonds is 4. The van der Waals surface area contributed by atoms with Gasteiger partial charge in [-0.1, -0.05) is 43.7 Å². The predicted molar refractivity (Wildman–Crippen MR) is 86.4 cm³/mol. The lowest BCUT2D eigenvalue weighted by atomic mass is 10.0. The highest BCUT2D eigenvalue weighted by Crippen LogP contribution is 2.27. The molecule has 0 radical (unpaired) electrons. The van der Waals surface area contributed by atoms with Crippen LogP contribution < -0.4 is 5.73 Å². The average molecular weight is 313 g/mol. The fourth-order valence-electron chi connectivity index (χ4n) is 2.64. The van der Waals surface area contributed by atoms with E-state index in [1.165, 1.54) is 0 Å². The molecule has 1 fully saturated rings. The quantitative estimate of drug-likeness (QED) is 0.929. The molecule has 4 nitrogen and oxygen atoms in total. The number of carbonyl (C=O) groups excluding carboxylic acids is 1. The van der Waals surface area contributed by atoms with Crippen LogP contribution in [0.3, 0.4) is 0 Å². The summed E-state index contributed by atoms with van der Waals surface area (Å²) in [6.45, 7) is 5.18. The molecular formula is C16H25ClN2O2. The van der Waals surface area contributed by atoms with Gasteiger partial charge in [-0.05, 0) is 18.9 Å². The standard InChI is InChI=1S/C16H24N2O2.ClH/c1-3-7-14(17)16(19)18-10-12(2)20-11-15(18)13-8-5-4-6-9-13;/h4-6,8-9,12,14-15H,3,7,10-11,17H2,1-2H3;1H. The molecule has 0 spiro atoms. The van der Waals surface area contributed by atoms with Gasteiger partial charge in [0.15, 0.2) is 0 Å². The first kappa shape index (κ1) is 18.0. The molecule has 5 heteroatoms. The van der Waals surface area contributed by atoms with Crippen molar-refractivity contribution in [3.63, 3.8) is 0 Å². The van der Waals surface area contributed by atoms with Crippen LogP contribution in [0, 0.1) is 0 Å². The monoisotopic (exact) mass is 312 g/mol. The van der Waals surface area contributed by atoms with Gasteiger partial charge in [0.25, 0.3) is 0 Å². The second-order valence-corrected chi connectivity index (χ2v) is 5.46. The van der Waals surface area contributed by atoms with Crippen LogP contribution in [0.2, 0.25) is 0 Å². The van der Waals surface area contributed by atoms with Gasteiger partial charge >= 0.3 is 0 Å². The zero-order chi connectivity index (χ0) is 14.5. The highest BCUT2D eigenvalue weighted by Gasteiger charge is 2.33. The number of benzene rings is 1. The van der Waals surface area contributed by atoms with Crippen LogP contribution in [0.5, 0.6) is 0 Å². The van der Waals surface area contributed by atoms with Crippen molar-refractivity contribution in [1.82, 2.24) is 4.90 Å². The maximum atomic E-state index is 12.6. The number of hydrogen-bond acceptors (Lipinski definition) is 3. The van der Waals surface area contributed by atoms with Gasteiger partial charge in [-0.15, -0.1) is 12.4 Å². The molecule has 0 aliphatic carbocycles. The number of morpholine rings is 1. The lowest BCUT2D eigenvalue weighted by molar-refractivity contribution is -0.146. The maximum absolute atomic E-state index is 12.6. The number of nitrogens with zero attached hydrogens (tertiary/aromatic N) is 1. The van der Waals surface area contributed by atoms with Gasteiger partial charge in [-0.3, -0.25) is 4.79 Å². The fraction of sp³-hybridized carbons (Fsp3) is 0.562. The number of carbonyl (C=O) groups is 1. The Kier molecular flexibility index (Phi) is 7.15. The van der Waals surface area contributed by atoms with Crippen LogP contribution in [-0.4, -0.2) is 36.1 Å². The SMILES string of the molecule is CCCC(N)C(=O)N1CC(C)OCC1c1ccccc1.Cl. The molecule has 21 heavy (non-hydrogen) atoms. The molecule has 1 saturated heterocycles. The van der Waals surface area contributed by atoms with E-state index in [4.69, 9.17) is 10.5 Å². The first-order valence-electron chi connectivity index (χ1n) is 7.36. The van der Waals surface area contributed by atoms with E-state index in [2.05, 4.69) is 0 Å². The van der Waals surface area contributed by atoms with Crippen molar-refractivity contribution in [3.05, 3.63) is 35.9 Å². The summed E-state index contributed by atoms with van der Waals surface area (Å²) in [6.07, 6.45) is 1.71. The van der Waals surface area contributed by atoms with Crippen molar-refractivity contribution < 1.29 is 9.53 Å². The zero-order valence-electron chi connectivity index (χ0n) is 12.7. The van der Waals surface area contributed by atoms with Crippen LogP contribution >= 0.6 is 12.4 Å². The van der Waals surface area contributed by atoms with Gasteiger partial charge in [0, 0.05) is 6.54 Å². The van der Waals surface area contributed by atoms with Crippen LogP contribution in [0.1, 0.15) is 38.3 Å². The minimum absolute atomic E-state index is 0. The molecule has 2 rings (SSSR count). The van der Waals surface area contributed by atoms with Crippen molar-refractivity contribution in [3.8, 4) is 0 Å². The van der Waals surface area contributed by atoms with Crippen LogP contribution in [0.25, 0.3) is 0 Å². The van der Waals surface area contributed by atoms with E-state index >= 15 is 0 Å². The van der Waals surface area contributed by atoms with Gasteiger partial charge < -0.3 is 15.4 Å². The summed E-state index contributed by atoms with van der Waals surface area (Å²) in [5, 5.41) is 0. The molecule has 3 unspecified atom stereocenters. The largest absolute Gasteiger partial charge is 0.374 e. The molecule has 2 N–H and O–H groups in total. The smallest absolute Gasteiger partial charge is 0.240 e. The predicted octanol–water partition coefficient (Wildman–Crippen LogP) is 2.52. The normalized spacial score (nSPS) is 23.3. The Hall–Kier alpha value is -1.10. The Morgan fingerprint density at radius 3 is 2.71 bits per heavy atom. The molecule has 0 bridgehead atoms. The average Bonchev–Trinajstić information content (AvgIpc) is 2.47. The van der Waals surface area contributed by atoms with Gasteiger partial charge in [0.2, 0.25) is 5.91 Å². The van der Waals surface area contributed by atoms with Crippen LogP contribution in [0.4, 0.5) is 0 Å². The molecule has 1 amide bonds. The Morgan fingerprint density at radius 2 is 2.10 bits per heavy atom. The van der Waals surface area contributed by atoms with Gasteiger partial charge in [0.1, 0.15) is 0 Å². The number of amides is 1. The topological polar surface area (TPSA) is 55.6 Å². The molecule has 1 heterocycles. The minimum Gasteiger partial charge on any atom is -0.374 e. The van der Waals surface area contributed by atoms with Gasteiger partial charge in [-0.25, -0.2) is 0 Å². The van der Waals surface area contributed by atoms with Crippen molar-refractivity contribution in [1.29, 1.82) is 0 Å². The number of nitrogens with two attached hydrogens (primary N) is 1. The van der Waals surface area contributed by atoms with E-state index in [-0.39, 0.29) is 30.5 Å². The number of hydrogen-bond donors (Lipinski definition) is 1. The molecule has 1 aliphatic rings. The lowest BCUT2D eigenvalue weighted by Crippen LogP contribution is -2.52. The molecule has 1 aromatic rings. The first-order chi connectivity index (χ1) is 9.63. The van der Waals surface area contributed by atoms with E-state index in [9.17, 15) is 4.79 Å². The third-order valence-electron chi connectivity index (χ3n) is 3.75. The molecule has 0 aromatic heterocycles. The van der Waals surface area contributed by atoms with Crippen LogP contribution in [0.15, 0.2) is 30.3 Å². The minimum atomic E-state index is -0.406. The van der Waals surface area contributed by atoms with Gasteiger partial charge in [-0.2, -0.15) is 0 Å². The molecule has 0 saturated carbocycles. The second kappa shape index (κ2) is 8.37. The summed E-state index contributed by atoms with van der Waals surface area (Å²) in [7, 11) is 0. The second-order valence-electron chi connectivity index (χ2n) is 5.46. The summed E-state index contributed by atoms with van der Waals surface area (Å²) in [6, 6.07) is 9.60. The zero-order valence-corrected chi connectivity index (χ0v) is 13.5. The first-order valence-corrected chi connectivity index (χ1v) is 7.36. The Morgan fingerprint density at radius 1 is 1.43 bits per heavy atom. The number of halogens is 1. The maximum Gasteiger partial charge on any atom is 0.240 e. The Labute approximate surface area is 133 Å². The molecule has 1 aromatic carbocycles. The van der Waals surface area contributed by atoms with Gasteiger partial charge in [0.05, 0.1) is 24.8 Å².